The van der Waals surface area contributed by atoms with Crippen molar-refractivity contribution in [2.75, 3.05) is 37.9 Å². The molecule has 0 aliphatic carbocycles. The Balaban J connectivity index is 2.18. The molecule has 0 aromatic heterocycles. The average molecular weight is 506 g/mol. The van der Waals surface area contributed by atoms with Gasteiger partial charge in [-0.05, 0) is 50.1 Å². The smallest absolute Gasteiger partial charge is 0.242 e. The Labute approximate surface area is 208 Å². The highest BCUT2D eigenvalue weighted by Crippen LogP contribution is 2.29. The predicted molar refractivity (Wildman–Crippen MR) is 136 cm³/mol. The third-order valence-corrected chi connectivity index (χ3v) is 6.72. The van der Waals surface area contributed by atoms with Crippen molar-refractivity contribution in [3.8, 4) is 11.5 Å². The molecule has 2 rings (SSSR count). The molecule has 0 fully saturated rings. The summed E-state index contributed by atoms with van der Waals surface area (Å²) in [4.78, 5) is 27.3. The molecule has 10 heteroatoms. The molecule has 0 saturated carbocycles. The molecular weight excluding hydrogens is 470 g/mol. The van der Waals surface area contributed by atoms with Gasteiger partial charge in [0.2, 0.25) is 21.8 Å². The second-order valence-corrected chi connectivity index (χ2v) is 9.96. The lowest BCUT2D eigenvalue weighted by Crippen LogP contribution is -2.47. The molecule has 2 aromatic rings. The maximum atomic E-state index is 13.2. The van der Waals surface area contributed by atoms with Crippen LogP contribution in [0.15, 0.2) is 48.5 Å². The number of amides is 2. The van der Waals surface area contributed by atoms with E-state index < -0.39 is 16.1 Å². The lowest BCUT2D eigenvalue weighted by Gasteiger charge is -2.29. The third kappa shape index (κ3) is 7.88. The summed E-state index contributed by atoms with van der Waals surface area (Å²) < 4.78 is 36.7. The number of nitrogens with zero attached hydrogens (tertiary/aromatic N) is 2. The molecule has 1 atom stereocenters. The van der Waals surface area contributed by atoms with Gasteiger partial charge in [-0.15, -0.1) is 0 Å². The van der Waals surface area contributed by atoms with Gasteiger partial charge in [0.25, 0.3) is 0 Å². The fourth-order valence-electron chi connectivity index (χ4n) is 3.65. The van der Waals surface area contributed by atoms with E-state index in [9.17, 15) is 18.0 Å². The van der Waals surface area contributed by atoms with E-state index in [0.717, 1.165) is 11.8 Å². The number of hydrogen-bond donors (Lipinski definition) is 1. The van der Waals surface area contributed by atoms with E-state index in [1.165, 1.54) is 16.3 Å². The van der Waals surface area contributed by atoms with Crippen molar-refractivity contribution in [1.82, 2.24) is 10.2 Å². The van der Waals surface area contributed by atoms with Crippen LogP contribution in [0.5, 0.6) is 11.5 Å². The molecule has 192 valence electrons. The molecule has 1 N–H and O–H groups in total. The van der Waals surface area contributed by atoms with Crippen LogP contribution >= 0.6 is 0 Å². The minimum absolute atomic E-state index is 0.0705. The van der Waals surface area contributed by atoms with E-state index in [1.807, 2.05) is 19.1 Å². The van der Waals surface area contributed by atoms with Crippen LogP contribution in [0.2, 0.25) is 0 Å². The average Bonchev–Trinajstić information content (AvgIpc) is 2.84. The van der Waals surface area contributed by atoms with Gasteiger partial charge in [-0.2, -0.15) is 0 Å². The first kappa shape index (κ1) is 28.0. The zero-order valence-corrected chi connectivity index (χ0v) is 21.8. The van der Waals surface area contributed by atoms with Crippen LogP contribution < -0.4 is 19.1 Å². The Bertz CT molecular complexity index is 1090. The van der Waals surface area contributed by atoms with E-state index >= 15 is 0 Å². The largest absolute Gasteiger partial charge is 0.497 e. The van der Waals surface area contributed by atoms with Crippen molar-refractivity contribution in [3.05, 3.63) is 54.1 Å². The minimum atomic E-state index is -3.61. The van der Waals surface area contributed by atoms with Gasteiger partial charge < -0.3 is 19.7 Å². The van der Waals surface area contributed by atoms with Gasteiger partial charge in [0.1, 0.15) is 17.5 Å². The van der Waals surface area contributed by atoms with E-state index in [2.05, 4.69) is 5.32 Å². The number of hydrogen-bond acceptors (Lipinski definition) is 6. The zero-order chi connectivity index (χ0) is 26.0. The second-order valence-electron chi connectivity index (χ2n) is 8.05. The standard InChI is InChI=1S/C25H35N3O6S/c1-6-26-25(30)19(2)27(18-20-13-15-21(33-3)16-14-20)24(29)12-9-17-28(35(5,31)32)22-10-7-8-11-23(22)34-4/h7-8,10-11,13-16,19H,6,9,12,17-18H2,1-5H3,(H,26,30). The number of likely N-dealkylation sites (N-methyl/N-ethyl adjacent to an activating group) is 1. The third-order valence-electron chi connectivity index (χ3n) is 5.54. The van der Waals surface area contributed by atoms with Crippen LogP contribution in [0.4, 0.5) is 5.69 Å². The molecule has 35 heavy (non-hydrogen) atoms. The Hall–Kier alpha value is -3.27. The van der Waals surface area contributed by atoms with Crippen molar-refractivity contribution in [2.24, 2.45) is 0 Å². The first-order valence-electron chi connectivity index (χ1n) is 11.4. The summed E-state index contributed by atoms with van der Waals surface area (Å²) in [6.07, 6.45) is 1.46. The van der Waals surface area contributed by atoms with Crippen LogP contribution in [0.1, 0.15) is 32.3 Å². The summed E-state index contributed by atoms with van der Waals surface area (Å²) in [5.74, 6) is 0.630. The summed E-state index contributed by atoms with van der Waals surface area (Å²) >= 11 is 0. The molecule has 0 bridgehead atoms. The lowest BCUT2D eigenvalue weighted by molar-refractivity contribution is -0.140. The molecule has 0 aliphatic rings. The molecule has 1 unspecified atom stereocenters. The van der Waals surface area contributed by atoms with Gasteiger partial charge in [-0.1, -0.05) is 24.3 Å². The quantitative estimate of drug-likeness (QED) is 0.449. The molecule has 0 heterocycles. The number of para-hydroxylation sites is 2. The number of benzene rings is 2. The van der Waals surface area contributed by atoms with Gasteiger partial charge in [0, 0.05) is 26.1 Å². The Morgan fingerprint density at radius 1 is 1.03 bits per heavy atom. The predicted octanol–water partition coefficient (Wildman–Crippen LogP) is 2.80. The Morgan fingerprint density at radius 2 is 1.69 bits per heavy atom. The van der Waals surface area contributed by atoms with E-state index in [-0.39, 0.29) is 37.7 Å². The van der Waals surface area contributed by atoms with Gasteiger partial charge in [0.05, 0.1) is 26.2 Å². The number of ether oxygens (including phenoxy) is 2. The Kier molecular flexibility index (Phi) is 10.4. The molecule has 0 spiro atoms. The normalized spacial score (nSPS) is 11.9. The summed E-state index contributed by atoms with van der Waals surface area (Å²) in [7, 11) is -0.558. The number of anilines is 1. The zero-order valence-electron chi connectivity index (χ0n) is 21.0. The summed E-state index contributed by atoms with van der Waals surface area (Å²) in [6, 6.07) is 13.4. The monoisotopic (exact) mass is 505 g/mol. The summed E-state index contributed by atoms with van der Waals surface area (Å²) in [5.41, 5.74) is 1.26. The molecule has 2 aromatic carbocycles. The van der Waals surface area contributed by atoms with Crippen molar-refractivity contribution < 1.29 is 27.5 Å². The lowest BCUT2D eigenvalue weighted by atomic mass is 10.1. The molecule has 0 saturated heterocycles. The van der Waals surface area contributed by atoms with Gasteiger partial charge in [-0.25, -0.2) is 8.42 Å². The number of methoxy groups -OCH3 is 2. The first-order chi connectivity index (χ1) is 16.6. The SMILES string of the molecule is CCNC(=O)C(C)N(Cc1ccc(OC)cc1)C(=O)CCCN(c1ccccc1OC)S(C)(=O)=O. The molecular formula is C25H35N3O6S. The van der Waals surface area contributed by atoms with Crippen LogP contribution in [0.25, 0.3) is 0 Å². The fraction of sp³-hybridized carbons (Fsp3) is 0.440. The van der Waals surface area contributed by atoms with Crippen LogP contribution in [0.3, 0.4) is 0 Å². The number of nitrogens with one attached hydrogen (secondary N) is 1. The van der Waals surface area contributed by atoms with Gasteiger partial charge in [0.15, 0.2) is 0 Å². The summed E-state index contributed by atoms with van der Waals surface area (Å²) in [5, 5.41) is 2.76. The highest BCUT2D eigenvalue weighted by Gasteiger charge is 2.27. The number of sulfonamides is 1. The van der Waals surface area contributed by atoms with Crippen LogP contribution in [-0.2, 0) is 26.2 Å². The van der Waals surface area contributed by atoms with E-state index in [1.54, 1.807) is 50.4 Å². The maximum Gasteiger partial charge on any atom is 0.242 e. The minimum Gasteiger partial charge on any atom is -0.497 e. The van der Waals surface area contributed by atoms with Crippen molar-refractivity contribution >= 4 is 27.5 Å². The molecule has 0 radical (unpaired) electrons. The number of carbonyl (C=O) groups excluding carboxylic acids is 2. The van der Waals surface area contributed by atoms with Crippen molar-refractivity contribution in [3.63, 3.8) is 0 Å². The van der Waals surface area contributed by atoms with E-state index in [4.69, 9.17) is 9.47 Å². The fourth-order valence-corrected chi connectivity index (χ4v) is 4.62. The van der Waals surface area contributed by atoms with E-state index in [0.29, 0.717) is 23.7 Å². The van der Waals surface area contributed by atoms with Gasteiger partial charge in [-0.3, -0.25) is 13.9 Å². The highest BCUT2D eigenvalue weighted by atomic mass is 32.2. The number of rotatable bonds is 13. The van der Waals surface area contributed by atoms with Crippen LogP contribution in [0, 0.1) is 0 Å². The topological polar surface area (TPSA) is 105 Å². The number of carbonyl (C=O) groups is 2. The highest BCUT2D eigenvalue weighted by molar-refractivity contribution is 7.92. The first-order valence-corrected chi connectivity index (χ1v) is 13.3. The summed E-state index contributed by atoms with van der Waals surface area (Å²) in [6.45, 7) is 4.29. The second kappa shape index (κ2) is 13.0. The van der Waals surface area contributed by atoms with Crippen LogP contribution in [-0.4, -0.2) is 64.7 Å². The van der Waals surface area contributed by atoms with Crippen molar-refractivity contribution in [2.45, 2.75) is 39.3 Å². The maximum absolute atomic E-state index is 13.2. The molecule has 0 aliphatic heterocycles. The molecule has 2 amide bonds. The van der Waals surface area contributed by atoms with Gasteiger partial charge >= 0.3 is 0 Å². The molecule has 9 nitrogen and oxygen atoms in total. The Morgan fingerprint density at radius 3 is 2.26 bits per heavy atom. The van der Waals surface area contributed by atoms with Crippen molar-refractivity contribution in [1.29, 1.82) is 0 Å².